The Kier molecular flexibility index (Phi) is 5.80. The zero-order chi connectivity index (χ0) is 19.7. The minimum atomic E-state index is -0.396. The molecule has 3 aromatic rings. The first-order chi connectivity index (χ1) is 13.5. The minimum Gasteiger partial charge on any atom is -0.292 e. The number of amides is 2. The highest BCUT2D eigenvalue weighted by Gasteiger charge is 2.23. The summed E-state index contributed by atoms with van der Waals surface area (Å²) in [6.45, 7) is 2.28. The lowest BCUT2D eigenvalue weighted by molar-refractivity contribution is -0.117. The van der Waals surface area contributed by atoms with E-state index in [2.05, 4.69) is 38.1 Å². The molecule has 0 bridgehead atoms. The normalized spacial score (nSPS) is 16.0. The molecule has 1 aliphatic carbocycles. The van der Waals surface area contributed by atoms with Crippen molar-refractivity contribution in [3.63, 3.8) is 0 Å². The number of aromatic nitrogens is 2. The summed E-state index contributed by atoms with van der Waals surface area (Å²) >= 11 is 6.43. The van der Waals surface area contributed by atoms with Gasteiger partial charge in [0, 0.05) is 20.3 Å². The third kappa shape index (κ3) is 4.14. The Labute approximate surface area is 179 Å². The Balaban J connectivity index is 1.46. The first kappa shape index (κ1) is 19.5. The minimum absolute atomic E-state index is 0.134. The molecule has 2 amide bonds. The van der Waals surface area contributed by atoms with Gasteiger partial charge in [0.05, 0.1) is 5.75 Å². The number of fused-ring (bicyclic) bond motifs is 3. The van der Waals surface area contributed by atoms with E-state index in [0.29, 0.717) is 11.5 Å². The summed E-state index contributed by atoms with van der Waals surface area (Å²) in [7, 11) is 0. The number of aryl methyl sites for hydroxylation is 1. The SMILES string of the molecule is CC1CCc2c(sc3ncnc(SCC(=O)NC(=O)c4ccc(Br)cc4)c23)C1. The van der Waals surface area contributed by atoms with Crippen molar-refractivity contribution in [3.8, 4) is 0 Å². The van der Waals surface area contributed by atoms with Crippen molar-refractivity contribution in [2.45, 2.75) is 31.2 Å². The number of carbonyl (C=O) groups excluding carboxylic acids is 2. The predicted molar refractivity (Wildman–Crippen MR) is 116 cm³/mol. The van der Waals surface area contributed by atoms with Crippen LogP contribution in [0.2, 0.25) is 0 Å². The number of carbonyl (C=O) groups is 2. The lowest BCUT2D eigenvalue weighted by Gasteiger charge is -2.18. The van der Waals surface area contributed by atoms with E-state index in [-0.39, 0.29) is 11.7 Å². The summed E-state index contributed by atoms with van der Waals surface area (Å²) in [4.78, 5) is 35.7. The predicted octanol–water partition coefficient (Wildman–Crippen LogP) is 4.63. The van der Waals surface area contributed by atoms with Gasteiger partial charge in [-0.25, -0.2) is 9.97 Å². The molecule has 4 rings (SSSR count). The molecule has 144 valence electrons. The molecule has 0 saturated carbocycles. The van der Waals surface area contributed by atoms with E-state index < -0.39 is 5.91 Å². The van der Waals surface area contributed by atoms with Crippen LogP contribution in [-0.4, -0.2) is 27.5 Å². The summed E-state index contributed by atoms with van der Waals surface area (Å²) in [5, 5.41) is 4.35. The van der Waals surface area contributed by atoms with Crippen molar-refractivity contribution < 1.29 is 9.59 Å². The van der Waals surface area contributed by atoms with Crippen molar-refractivity contribution in [3.05, 3.63) is 51.1 Å². The van der Waals surface area contributed by atoms with Crippen LogP contribution in [0.3, 0.4) is 0 Å². The number of nitrogens with zero attached hydrogens (tertiary/aromatic N) is 2. The van der Waals surface area contributed by atoms with Gasteiger partial charge in [0.25, 0.3) is 5.91 Å². The highest BCUT2D eigenvalue weighted by Crippen LogP contribution is 2.40. The summed E-state index contributed by atoms with van der Waals surface area (Å²) in [6, 6.07) is 6.89. The number of thiophene rings is 1. The van der Waals surface area contributed by atoms with E-state index in [1.807, 2.05) is 0 Å². The van der Waals surface area contributed by atoms with E-state index in [0.717, 1.165) is 32.6 Å². The highest BCUT2D eigenvalue weighted by atomic mass is 79.9. The Morgan fingerprint density at radius 1 is 1.29 bits per heavy atom. The van der Waals surface area contributed by atoms with Gasteiger partial charge in [-0.2, -0.15) is 0 Å². The van der Waals surface area contributed by atoms with Crippen molar-refractivity contribution in [1.82, 2.24) is 15.3 Å². The fourth-order valence-electron chi connectivity index (χ4n) is 3.33. The average Bonchev–Trinajstić information content (AvgIpc) is 3.04. The first-order valence-corrected chi connectivity index (χ1v) is 11.6. The van der Waals surface area contributed by atoms with Crippen LogP contribution in [0.15, 0.2) is 40.1 Å². The number of halogens is 1. The second kappa shape index (κ2) is 8.31. The summed E-state index contributed by atoms with van der Waals surface area (Å²) in [6.07, 6.45) is 4.84. The van der Waals surface area contributed by atoms with Gasteiger partial charge in [-0.15, -0.1) is 11.3 Å². The average molecular weight is 476 g/mol. The molecule has 1 atom stereocenters. The Hall–Kier alpha value is -1.77. The molecule has 1 aliphatic rings. The molecule has 1 aromatic carbocycles. The molecular formula is C20H18BrN3O2S2. The van der Waals surface area contributed by atoms with Crippen LogP contribution < -0.4 is 5.32 Å². The Bertz CT molecular complexity index is 1050. The van der Waals surface area contributed by atoms with Gasteiger partial charge in [-0.1, -0.05) is 34.6 Å². The lowest BCUT2D eigenvalue weighted by Crippen LogP contribution is -2.31. The van der Waals surface area contributed by atoms with E-state index in [9.17, 15) is 9.59 Å². The largest absolute Gasteiger partial charge is 0.292 e. The standard InChI is InChI=1S/C20H18BrN3O2S2/c1-11-2-7-14-15(8-11)28-20-17(14)19(22-10-23-20)27-9-16(25)24-18(26)12-3-5-13(21)6-4-12/h3-6,10-11H,2,7-9H2,1H3,(H,24,25,26). The fourth-order valence-corrected chi connectivity index (χ4v) is 5.83. The molecule has 1 unspecified atom stereocenters. The van der Waals surface area contributed by atoms with Gasteiger partial charge < -0.3 is 0 Å². The molecule has 0 saturated heterocycles. The van der Waals surface area contributed by atoms with E-state index in [1.165, 1.54) is 28.6 Å². The zero-order valence-electron chi connectivity index (χ0n) is 15.2. The number of imide groups is 1. The maximum atomic E-state index is 12.3. The number of nitrogens with one attached hydrogen (secondary N) is 1. The first-order valence-electron chi connectivity index (χ1n) is 8.99. The lowest BCUT2D eigenvalue weighted by atomic mass is 9.89. The molecule has 0 radical (unpaired) electrons. The molecule has 2 aromatic heterocycles. The maximum Gasteiger partial charge on any atom is 0.257 e. The number of thioether (sulfide) groups is 1. The van der Waals surface area contributed by atoms with Crippen molar-refractivity contribution >= 4 is 61.1 Å². The van der Waals surface area contributed by atoms with Crippen LogP contribution >= 0.6 is 39.0 Å². The topological polar surface area (TPSA) is 72.0 Å². The summed E-state index contributed by atoms with van der Waals surface area (Å²) < 4.78 is 0.882. The van der Waals surface area contributed by atoms with Gasteiger partial charge in [0.15, 0.2) is 0 Å². The third-order valence-electron chi connectivity index (χ3n) is 4.76. The van der Waals surface area contributed by atoms with Gasteiger partial charge >= 0.3 is 0 Å². The number of hydrogen-bond acceptors (Lipinski definition) is 6. The van der Waals surface area contributed by atoms with Crippen molar-refractivity contribution in [1.29, 1.82) is 0 Å². The maximum absolute atomic E-state index is 12.3. The molecule has 28 heavy (non-hydrogen) atoms. The van der Waals surface area contributed by atoms with Crippen LogP contribution in [0.1, 0.15) is 34.1 Å². The molecule has 1 N–H and O–H groups in total. The zero-order valence-corrected chi connectivity index (χ0v) is 18.4. The third-order valence-corrected chi connectivity index (χ3v) is 7.44. The molecule has 8 heteroatoms. The van der Waals surface area contributed by atoms with Crippen LogP contribution in [0.5, 0.6) is 0 Å². The van der Waals surface area contributed by atoms with Crippen LogP contribution in [0.25, 0.3) is 10.2 Å². The molecular weight excluding hydrogens is 458 g/mol. The second-order valence-corrected chi connectivity index (χ2v) is 9.85. The van der Waals surface area contributed by atoms with E-state index in [1.54, 1.807) is 41.9 Å². The molecule has 2 heterocycles. The molecule has 0 fully saturated rings. The van der Waals surface area contributed by atoms with Crippen LogP contribution in [-0.2, 0) is 17.6 Å². The molecule has 0 spiro atoms. The Morgan fingerprint density at radius 2 is 2.07 bits per heavy atom. The van der Waals surface area contributed by atoms with Gasteiger partial charge in [-0.05, 0) is 55.0 Å². The summed E-state index contributed by atoms with van der Waals surface area (Å²) in [5.74, 6) is 0.102. The van der Waals surface area contributed by atoms with Crippen molar-refractivity contribution in [2.75, 3.05) is 5.75 Å². The second-order valence-electron chi connectivity index (χ2n) is 6.88. The van der Waals surface area contributed by atoms with E-state index in [4.69, 9.17) is 0 Å². The highest BCUT2D eigenvalue weighted by molar-refractivity contribution is 9.10. The van der Waals surface area contributed by atoms with Gasteiger partial charge in [-0.3, -0.25) is 14.9 Å². The summed E-state index contributed by atoms with van der Waals surface area (Å²) in [5.41, 5.74) is 1.79. The Morgan fingerprint density at radius 3 is 2.86 bits per heavy atom. The number of rotatable bonds is 4. The van der Waals surface area contributed by atoms with Crippen LogP contribution in [0, 0.1) is 5.92 Å². The smallest absolute Gasteiger partial charge is 0.257 e. The number of benzene rings is 1. The van der Waals surface area contributed by atoms with Crippen molar-refractivity contribution in [2.24, 2.45) is 5.92 Å². The van der Waals surface area contributed by atoms with Gasteiger partial charge in [0.1, 0.15) is 16.2 Å². The van der Waals surface area contributed by atoms with E-state index >= 15 is 0 Å². The van der Waals surface area contributed by atoms with Crippen LogP contribution in [0.4, 0.5) is 0 Å². The quantitative estimate of drug-likeness (QED) is 0.439. The number of hydrogen-bond donors (Lipinski definition) is 1. The molecule has 5 nitrogen and oxygen atoms in total. The fraction of sp³-hybridized carbons (Fsp3) is 0.300. The molecule has 0 aliphatic heterocycles. The van der Waals surface area contributed by atoms with Gasteiger partial charge in [0.2, 0.25) is 5.91 Å². The monoisotopic (exact) mass is 475 g/mol.